The number of carbonyl (C=O) groups is 2. The van der Waals surface area contributed by atoms with Gasteiger partial charge in [0.2, 0.25) is 0 Å². The van der Waals surface area contributed by atoms with Gasteiger partial charge in [-0.2, -0.15) is 0 Å². The van der Waals surface area contributed by atoms with E-state index in [-0.39, 0.29) is 11.8 Å². The van der Waals surface area contributed by atoms with Crippen LogP contribution < -0.4 is 0 Å². The Bertz CT molecular complexity index is 980. The zero-order chi connectivity index (χ0) is 18.6. The summed E-state index contributed by atoms with van der Waals surface area (Å²) in [5.41, 5.74) is 2.60. The molecule has 0 fully saturated rings. The van der Waals surface area contributed by atoms with Crippen LogP contribution in [0.3, 0.4) is 0 Å². The number of hydrogen-bond donors (Lipinski definition) is 0. The molecular formula is C22H17NO2S2. The van der Waals surface area contributed by atoms with E-state index in [4.69, 9.17) is 0 Å². The highest BCUT2D eigenvalue weighted by molar-refractivity contribution is 8.03. The summed E-state index contributed by atoms with van der Waals surface area (Å²) in [6.07, 6.45) is 0. The minimum atomic E-state index is -0.207. The van der Waals surface area contributed by atoms with Crippen molar-refractivity contribution in [1.82, 2.24) is 4.90 Å². The first-order valence-electron chi connectivity index (χ1n) is 8.59. The number of imide groups is 1. The van der Waals surface area contributed by atoms with Gasteiger partial charge in [0.15, 0.2) is 0 Å². The van der Waals surface area contributed by atoms with Gasteiger partial charge in [-0.25, -0.2) is 0 Å². The van der Waals surface area contributed by atoms with Crippen LogP contribution in [0.15, 0.2) is 83.1 Å². The van der Waals surface area contributed by atoms with Gasteiger partial charge in [0.05, 0.1) is 17.0 Å². The number of thiophene rings is 1. The SMILES string of the molecule is O=C1C(SCc2ccccc2)=C(c2cccs2)C(=O)N1Cc1ccccc1. The highest BCUT2D eigenvalue weighted by Gasteiger charge is 2.39. The van der Waals surface area contributed by atoms with E-state index in [1.807, 2.05) is 78.2 Å². The maximum atomic E-state index is 13.1. The number of nitrogens with zero attached hydrogens (tertiary/aromatic N) is 1. The smallest absolute Gasteiger partial charge is 0.268 e. The van der Waals surface area contributed by atoms with Gasteiger partial charge in [0, 0.05) is 10.6 Å². The van der Waals surface area contributed by atoms with Crippen molar-refractivity contribution in [2.45, 2.75) is 12.3 Å². The maximum absolute atomic E-state index is 13.1. The van der Waals surface area contributed by atoms with Crippen molar-refractivity contribution in [2.75, 3.05) is 0 Å². The standard InChI is InChI=1S/C22H17NO2S2/c24-21-19(18-12-7-13-26-18)20(27-15-17-10-5-2-6-11-17)22(25)23(21)14-16-8-3-1-4-9-16/h1-13H,14-15H2. The van der Waals surface area contributed by atoms with E-state index >= 15 is 0 Å². The number of thioether (sulfide) groups is 1. The Morgan fingerprint density at radius 1 is 0.778 bits per heavy atom. The lowest BCUT2D eigenvalue weighted by atomic mass is 10.2. The molecule has 0 N–H and O–H groups in total. The van der Waals surface area contributed by atoms with Crippen LogP contribution in [0.2, 0.25) is 0 Å². The van der Waals surface area contributed by atoms with Crippen LogP contribution in [-0.4, -0.2) is 16.7 Å². The Morgan fingerprint density at radius 3 is 2.07 bits per heavy atom. The molecule has 1 aromatic heterocycles. The zero-order valence-corrected chi connectivity index (χ0v) is 16.1. The summed E-state index contributed by atoms with van der Waals surface area (Å²) in [7, 11) is 0. The first-order chi connectivity index (χ1) is 13.2. The first-order valence-corrected chi connectivity index (χ1v) is 10.5. The molecule has 27 heavy (non-hydrogen) atoms. The lowest BCUT2D eigenvalue weighted by Gasteiger charge is -2.15. The van der Waals surface area contributed by atoms with Crippen LogP contribution in [0.1, 0.15) is 16.0 Å². The molecule has 2 aromatic carbocycles. The Balaban J connectivity index is 1.63. The summed E-state index contributed by atoms with van der Waals surface area (Å²) < 4.78 is 0. The summed E-state index contributed by atoms with van der Waals surface area (Å²) >= 11 is 2.93. The van der Waals surface area contributed by atoms with Crippen LogP contribution in [0.4, 0.5) is 0 Å². The van der Waals surface area contributed by atoms with Crippen LogP contribution in [0.5, 0.6) is 0 Å². The summed E-state index contributed by atoms with van der Waals surface area (Å²) in [5.74, 6) is 0.249. The minimum Gasteiger partial charge on any atom is -0.269 e. The van der Waals surface area contributed by atoms with Gasteiger partial charge >= 0.3 is 0 Å². The molecule has 5 heteroatoms. The molecule has 0 saturated carbocycles. The van der Waals surface area contributed by atoms with Gasteiger partial charge in [-0.15, -0.1) is 23.1 Å². The van der Waals surface area contributed by atoms with E-state index in [0.717, 1.165) is 16.0 Å². The van der Waals surface area contributed by atoms with Crippen LogP contribution in [0.25, 0.3) is 5.57 Å². The van der Waals surface area contributed by atoms with Gasteiger partial charge in [0.1, 0.15) is 0 Å². The quantitative estimate of drug-likeness (QED) is 0.557. The van der Waals surface area contributed by atoms with Crippen LogP contribution >= 0.6 is 23.1 Å². The van der Waals surface area contributed by atoms with Crippen molar-refractivity contribution < 1.29 is 9.59 Å². The van der Waals surface area contributed by atoms with E-state index in [1.54, 1.807) is 0 Å². The molecule has 0 saturated heterocycles. The van der Waals surface area contributed by atoms with Gasteiger partial charge in [-0.1, -0.05) is 66.7 Å². The average molecular weight is 392 g/mol. The van der Waals surface area contributed by atoms with Crippen LogP contribution in [0, 0.1) is 0 Å². The predicted octanol–water partition coefficient (Wildman–Crippen LogP) is 4.96. The molecule has 0 radical (unpaired) electrons. The Morgan fingerprint density at radius 2 is 1.44 bits per heavy atom. The Kier molecular flexibility index (Phi) is 5.23. The molecule has 0 aliphatic carbocycles. The van der Waals surface area contributed by atoms with Crippen molar-refractivity contribution in [3.05, 3.63) is 99.1 Å². The van der Waals surface area contributed by atoms with E-state index in [9.17, 15) is 9.59 Å². The van der Waals surface area contributed by atoms with Gasteiger partial charge < -0.3 is 0 Å². The molecule has 3 nitrogen and oxygen atoms in total. The molecule has 1 aliphatic heterocycles. The molecule has 0 spiro atoms. The number of benzene rings is 2. The number of carbonyl (C=O) groups excluding carboxylic acids is 2. The molecule has 3 aromatic rings. The fourth-order valence-corrected chi connectivity index (χ4v) is 4.88. The number of amides is 2. The molecule has 0 unspecified atom stereocenters. The minimum absolute atomic E-state index is 0.201. The third kappa shape index (κ3) is 3.75. The molecule has 4 rings (SSSR count). The fourth-order valence-electron chi connectivity index (χ4n) is 2.97. The van der Waals surface area contributed by atoms with Crippen molar-refractivity contribution in [3.8, 4) is 0 Å². The molecule has 134 valence electrons. The Labute approximate surface area is 166 Å². The van der Waals surface area contributed by atoms with Crippen molar-refractivity contribution >= 4 is 40.5 Å². The normalized spacial score (nSPS) is 14.3. The largest absolute Gasteiger partial charge is 0.269 e. The topological polar surface area (TPSA) is 37.4 Å². The zero-order valence-electron chi connectivity index (χ0n) is 14.5. The number of hydrogen-bond acceptors (Lipinski definition) is 4. The van der Waals surface area contributed by atoms with E-state index < -0.39 is 0 Å². The summed E-state index contributed by atoms with van der Waals surface area (Å²) in [6, 6.07) is 23.4. The highest BCUT2D eigenvalue weighted by atomic mass is 32.2. The second kappa shape index (κ2) is 7.94. The molecular weight excluding hydrogens is 374 g/mol. The van der Waals surface area contributed by atoms with E-state index in [1.165, 1.54) is 28.0 Å². The second-order valence-electron chi connectivity index (χ2n) is 6.14. The first kappa shape index (κ1) is 17.8. The lowest BCUT2D eigenvalue weighted by Crippen LogP contribution is -2.30. The van der Waals surface area contributed by atoms with Crippen molar-refractivity contribution in [3.63, 3.8) is 0 Å². The van der Waals surface area contributed by atoms with E-state index in [2.05, 4.69) is 0 Å². The molecule has 0 atom stereocenters. The van der Waals surface area contributed by atoms with Gasteiger partial charge in [0.25, 0.3) is 11.8 Å². The summed E-state index contributed by atoms with van der Waals surface area (Å²) in [5, 5.41) is 1.93. The lowest BCUT2D eigenvalue weighted by molar-refractivity contribution is -0.137. The second-order valence-corrected chi connectivity index (χ2v) is 8.07. The van der Waals surface area contributed by atoms with Crippen molar-refractivity contribution in [2.24, 2.45) is 0 Å². The highest BCUT2D eigenvalue weighted by Crippen LogP contribution is 2.39. The van der Waals surface area contributed by atoms with E-state index in [0.29, 0.717) is 22.8 Å². The third-order valence-electron chi connectivity index (χ3n) is 4.30. The molecule has 1 aliphatic rings. The molecule has 2 amide bonds. The van der Waals surface area contributed by atoms with Gasteiger partial charge in [-0.05, 0) is 22.6 Å². The monoisotopic (exact) mass is 391 g/mol. The fraction of sp³-hybridized carbons (Fsp3) is 0.0909. The summed E-state index contributed by atoms with van der Waals surface area (Å²) in [4.78, 5) is 28.9. The van der Waals surface area contributed by atoms with Crippen molar-refractivity contribution in [1.29, 1.82) is 0 Å². The summed E-state index contributed by atoms with van der Waals surface area (Å²) in [6.45, 7) is 0.294. The van der Waals surface area contributed by atoms with Crippen LogP contribution in [-0.2, 0) is 21.9 Å². The number of rotatable bonds is 6. The predicted molar refractivity (Wildman–Crippen MR) is 111 cm³/mol. The molecule has 2 heterocycles. The molecule has 0 bridgehead atoms. The maximum Gasteiger partial charge on any atom is 0.268 e. The average Bonchev–Trinajstić information content (AvgIpc) is 3.31. The van der Waals surface area contributed by atoms with Gasteiger partial charge in [-0.3, -0.25) is 14.5 Å². The Hall–Kier alpha value is -2.63. The third-order valence-corrected chi connectivity index (χ3v) is 6.34.